The van der Waals surface area contributed by atoms with E-state index < -0.39 is 21.6 Å². The van der Waals surface area contributed by atoms with Crippen molar-refractivity contribution < 1.29 is 18.0 Å². The van der Waals surface area contributed by atoms with Crippen LogP contribution in [0.1, 0.15) is 81.9 Å². The van der Waals surface area contributed by atoms with E-state index in [1.165, 1.54) is 34.9 Å². The molecule has 0 bridgehead atoms. The van der Waals surface area contributed by atoms with Gasteiger partial charge >= 0.3 is 6.03 Å². The van der Waals surface area contributed by atoms with Crippen LogP contribution in [-0.4, -0.2) is 61.9 Å². The first-order chi connectivity index (χ1) is 18.8. The van der Waals surface area contributed by atoms with Gasteiger partial charge in [0.15, 0.2) is 0 Å². The quantitative estimate of drug-likeness (QED) is 0.457. The van der Waals surface area contributed by atoms with E-state index in [0.29, 0.717) is 55.8 Å². The van der Waals surface area contributed by atoms with Gasteiger partial charge in [-0.2, -0.15) is 0 Å². The SMILES string of the molecule is Cc1cc(N(C)C(N)=O)cc(C)c1CCS(=O)(=O)N1CCC2(CC1)N=C(C1CCCC(CCC(C)C)C1)NC2=O. The van der Waals surface area contributed by atoms with E-state index in [9.17, 15) is 18.0 Å². The summed E-state index contributed by atoms with van der Waals surface area (Å²) in [5.74, 6) is 2.47. The molecule has 1 spiro atoms. The smallest absolute Gasteiger partial charge is 0.318 e. The van der Waals surface area contributed by atoms with Crippen LogP contribution in [0, 0.1) is 31.6 Å². The summed E-state index contributed by atoms with van der Waals surface area (Å²) in [4.78, 5) is 31.0. The number of urea groups is 1. The highest BCUT2D eigenvalue weighted by Crippen LogP contribution is 2.38. The zero-order valence-corrected chi connectivity index (χ0v) is 25.6. The van der Waals surface area contributed by atoms with Crippen molar-refractivity contribution >= 4 is 33.5 Å². The van der Waals surface area contributed by atoms with Crippen molar-refractivity contribution in [3.63, 3.8) is 0 Å². The van der Waals surface area contributed by atoms with Crippen LogP contribution in [-0.2, 0) is 21.2 Å². The van der Waals surface area contributed by atoms with Crippen molar-refractivity contribution in [2.75, 3.05) is 30.8 Å². The summed E-state index contributed by atoms with van der Waals surface area (Å²) in [6.07, 6.45) is 8.26. The Bertz CT molecular complexity index is 1230. The number of carbonyl (C=O) groups excluding carboxylic acids is 2. The second-order valence-corrected chi connectivity index (χ2v) is 14.7. The number of amidine groups is 1. The van der Waals surface area contributed by atoms with Crippen LogP contribution in [0.25, 0.3) is 0 Å². The molecule has 10 heteroatoms. The number of primary amides is 1. The van der Waals surface area contributed by atoms with Gasteiger partial charge in [0.2, 0.25) is 10.0 Å². The minimum Gasteiger partial charge on any atom is -0.351 e. The van der Waals surface area contributed by atoms with E-state index in [2.05, 4.69) is 19.2 Å². The third-order valence-electron chi connectivity index (χ3n) is 9.27. The van der Waals surface area contributed by atoms with Crippen molar-refractivity contribution in [3.05, 3.63) is 28.8 Å². The van der Waals surface area contributed by atoms with Gasteiger partial charge in [0.1, 0.15) is 11.4 Å². The molecule has 0 aromatic heterocycles. The first kappa shape index (κ1) is 30.5. The lowest BCUT2D eigenvalue weighted by Crippen LogP contribution is -2.51. The van der Waals surface area contributed by atoms with E-state index in [1.54, 1.807) is 7.05 Å². The van der Waals surface area contributed by atoms with E-state index in [0.717, 1.165) is 35.4 Å². The predicted molar refractivity (Wildman–Crippen MR) is 160 cm³/mol. The number of hydrogen-bond acceptors (Lipinski definition) is 5. The van der Waals surface area contributed by atoms with E-state index >= 15 is 0 Å². The standard InChI is InChI=1S/C30H47N5O4S/c1-20(2)9-10-23-7-6-8-24(19-23)27-32-28(36)30(33-27)12-14-35(15-13-30)40(38,39)16-11-26-21(3)17-25(18-22(26)4)34(5)29(31)37/h17-18,20,23-24H,6-16,19H2,1-5H3,(H2,31,37)(H,32,33,36). The maximum Gasteiger partial charge on any atom is 0.318 e. The number of aryl methyl sites for hydroxylation is 2. The number of carbonyl (C=O) groups is 2. The lowest BCUT2D eigenvalue weighted by molar-refractivity contribution is -0.125. The molecule has 1 aliphatic carbocycles. The summed E-state index contributed by atoms with van der Waals surface area (Å²) in [6.45, 7) is 8.98. The summed E-state index contributed by atoms with van der Waals surface area (Å²) in [5, 5.41) is 3.11. The molecule has 2 heterocycles. The van der Waals surface area contributed by atoms with Crippen LogP contribution < -0.4 is 16.0 Å². The van der Waals surface area contributed by atoms with Crippen LogP contribution in [0.2, 0.25) is 0 Å². The zero-order chi connectivity index (χ0) is 29.2. The van der Waals surface area contributed by atoms with Gasteiger partial charge in [0, 0.05) is 31.7 Å². The number of nitrogens with two attached hydrogens (primary N) is 1. The molecule has 1 aromatic carbocycles. The minimum absolute atomic E-state index is 0.00671. The second kappa shape index (κ2) is 12.2. The molecule has 1 aromatic rings. The Hall–Kier alpha value is -2.46. The Morgan fingerprint density at radius 2 is 1.85 bits per heavy atom. The Labute approximate surface area is 240 Å². The third kappa shape index (κ3) is 6.70. The number of nitrogens with one attached hydrogen (secondary N) is 1. The van der Waals surface area contributed by atoms with Gasteiger partial charge in [-0.15, -0.1) is 0 Å². The maximum atomic E-state index is 13.3. The number of piperidine rings is 1. The van der Waals surface area contributed by atoms with Gasteiger partial charge in [0.05, 0.1) is 5.75 Å². The molecule has 3 aliphatic rings. The molecule has 1 saturated heterocycles. The number of hydrogen-bond donors (Lipinski definition) is 2. The monoisotopic (exact) mass is 573 g/mol. The summed E-state index contributed by atoms with van der Waals surface area (Å²) >= 11 is 0. The summed E-state index contributed by atoms with van der Waals surface area (Å²) in [5.41, 5.74) is 8.06. The highest BCUT2D eigenvalue weighted by molar-refractivity contribution is 7.89. The topological polar surface area (TPSA) is 125 Å². The molecule has 2 aliphatic heterocycles. The van der Waals surface area contributed by atoms with Crippen molar-refractivity contribution in [3.8, 4) is 0 Å². The molecule has 4 rings (SSSR count). The largest absolute Gasteiger partial charge is 0.351 e. The van der Waals surface area contributed by atoms with Crippen LogP contribution in [0.5, 0.6) is 0 Å². The van der Waals surface area contributed by atoms with Crippen LogP contribution in [0.4, 0.5) is 10.5 Å². The molecule has 9 nitrogen and oxygen atoms in total. The molecule has 3 amide bonds. The Balaban J connectivity index is 1.36. The van der Waals surface area contributed by atoms with Crippen LogP contribution in [0.3, 0.4) is 0 Å². The molecule has 0 radical (unpaired) electrons. The summed E-state index contributed by atoms with van der Waals surface area (Å²) in [6, 6.07) is 3.17. The molecule has 40 heavy (non-hydrogen) atoms. The number of aliphatic imine (C=N–C) groups is 1. The number of amides is 3. The molecule has 3 N–H and O–H groups in total. The minimum atomic E-state index is -3.50. The van der Waals surface area contributed by atoms with Crippen molar-refractivity contribution in [1.82, 2.24) is 9.62 Å². The number of benzene rings is 1. The van der Waals surface area contributed by atoms with Crippen molar-refractivity contribution in [2.24, 2.45) is 28.5 Å². The first-order valence-corrected chi connectivity index (χ1v) is 16.4. The van der Waals surface area contributed by atoms with Crippen LogP contribution in [0.15, 0.2) is 17.1 Å². The molecule has 2 fully saturated rings. The van der Waals surface area contributed by atoms with Crippen molar-refractivity contribution in [1.29, 1.82) is 0 Å². The molecular formula is C30H47N5O4S. The Kier molecular flexibility index (Phi) is 9.29. The summed E-state index contributed by atoms with van der Waals surface area (Å²) < 4.78 is 28.1. The number of anilines is 1. The molecule has 222 valence electrons. The van der Waals surface area contributed by atoms with Gasteiger partial charge in [-0.25, -0.2) is 17.5 Å². The highest BCUT2D eigenvalue weighted by Gasteiger charge is 2.48. The van der Waals surface area contributed by atoms with Gasteiger partial charge in [0.25, 0.3) is 5.91 Å². The normalized spacial score (nSPS) is 23.4. The van der Waals surface area contributed by atoms with E-state index in [1.807, 2.05) is 26.0 Å². The fraction of sp³-hybridized carbons (Fsp3) is 0.700. The second-order valence-electron chi connectivity index (χ2n) is 12.6. The lowest BCUT2D eigenvalue weighted by atomic mass is 9.78. The molecule has 1 saturated carbocycles. The maximum absolute atomic E-state index is 13.3. The lowest BCUT2D eigenvalue weighted by Gasteiger charge is -2.35. The highest BCUT2D eigenvalue weighted by atomic mass is 32.2. The fourth-order valence-corrected chi connectivity index (χ4v) is 8.08. The van der Waals surface area contributed by atoms with Crippen molar-refractivity contribution in [2.45, 2.75) is 91.0 Å². The average Bonchev–Trinajstić information content (AvgIpc) is 3.21. The Morgan fingerprint density at radius 1 is 1.20 bits per heavy atom. The van der Waals surface area contributed by atoms with Gasteiger partial charge in [-0.3, -0.25) is 14.7 Å². The zero-order valence-electron chi connectivity index (χ0n) is 24.8. The van der Waals surface area contributed by atoms with E-state index in [4.69, 9.17) is 10.7 Å². The van der Waals surface area contributed by atoms with Gasteiger partial charge in [-0.1, -0.05) is 39.5 Å². The third-order valence-corrected chi connectivity index (χ3v) is 11.1. The number of nitrogens with zero attached hydrogens (tertiary/aromatic N) is 3. The van der Waals surface area contributed by atoms with Crippen LogP contribution >= 0.6 is 0 Å². The first-order valence-electron chi connectivity index (χ1n) is 14.8. The predicted octanol–water partition coefficient (Wildman–Crippen LogP) is 4.30. The Morgan fingerprint density at radius 3 is 2.45 bits per heavy atom. The molecule has 2 unspecified atom stereocenters. The number of sulfonamides is 1. The van der Waals surface area contributed by atoms with Gasteiger partial charge < -0.3 is 11.1 Å². The average molecular weight is 574 g/mol. The van der Waals surface area contributed by atoms with Gasteiger partial charge in [-0.05, 0) is 86.6 Å². The summed E-state index contributed by atoms with van der Waals surface area (Å²) in [7, 11) is -1.89. The molecular weight excluding hydrogens is 526 g/mol. The fourth-order valence-electron chi connectivity index (χ4n) is 6.62. The molecule has 2 atom stereocenters. The van der Waals surface area contributed by atoms with E-state index in [-0.39, 0.29) is 11.7 Å². The number of rotatable bonds is 9.